The average Bonchev–Trinajstić information content (AvgIpc) is 2.10. The third kappa shape index (κ3) is 2.82. The number of hydrogen-bond donors (Lipinski definition) is 2. The van der Waals surface area contributed by atoms with Gasteiger partial charge in [-0.25, -0.2) is 0 Å². The molecular formula is C12H18O2. The Kier molecular flexibility index (Phi) is 3.67. The van der Waals surface area contributed by atoms with Crippen LogP contribution >= 0.6 is 0 Å². The van der Waals surface area contributed by atoms with Gasteiger partial charge in [0.15, 0.2) is 0 Å². The van der Waals surface area contributed by atoms with E-state index in [0.717, 1.165) is 5.57 Å². The van der Waals surface area contributed by atoms with Crippen LogP contribution in [0.3, 0.4) is 0 Å². The Morgan fingerprint density at radius 3 is 2.21 bits per heavy atom. The SMILES string of the molecule is C=C1[C@H](O)CC(=CC=C(C)C)C[C@H]1O. The Balaban J connectivity index is 2.71. The fraction of sp³-hybridized carbons (Fsp3) is 0.500. The fourth-order valence-electron chi connectivity index (χ4n) is 1.48. The van der Waals surface area contributed by atoms with Crippen molar-refractivity contribution in [1.29, 1.82) is 0 Å². The molecule has 0 aromatic rings. The minimum Gasteiger partial charge on any atom is -0.388 e. The summed E-state index contributed by atoms with van der Waals surface area (Å²) in [7, 11) is 0. The molecule has 2 N–H and O–H groups in total. The maximum Gasteiger partial charge on any atom is 0.0809 e. The van der Waals surface area contributed by atoms with Crippen molar-refractivity contribution in [3.63, 3.8) is 0 Å². The molecule has 0 heterocycles. The van der Waals surface area contributed by atoms with Gasteiger partial charge in [0.05, 0.1) is 12.2 Å². The molecule has 1 aliphatic carbocycles. The molecule has 0 aromatic carbocycles. The highest BCUT2D eigenvalue weighted by Gasteiger charge is 2.24. The minimum absolute atomic E-state index is 0.541. The molecule has 2 heteroatoms. The summed E-state index contributed by atoms with van der Waals surface area (Å²) in [5.74, 6) is 0. The van der Waals surface area contributed by atoms with Crippen LogP contribution in [0.2, 0.25) is 0 Å². The first-order valence-corrected chi connectivity index (χ1v) is 4.88. The van der Waals surface area contributed by atoms with Crippen molar-refractivity contribution >= 4 is 0 Å². The van der Waals surface area contributed by atoms with Crippen LogP contribution in [0.1, 0.15) is 26.7 Å². The summed E-state index contributed by atoms with van der Waals surface area (Å²) in [5.41, 5.74) is 2.84. The summed E-state index contributed by atoms with van der Waals surface area (Å²) < 4.78 is 0. The molecule has 2 atom stereocenters. The number of allylic oxidation sites excluding steroid dienone is 3. The average molecular weight is 194 g/mol. The first-order chi connectivity index (χ1) is 6.50. The van der Waals surface area contributed by atoms with Gasteiger partial charge in [0.1, 0.15) is 0 Å². The van der Waals surface area contributed by atoms with E-state index >= 15 is 0 Å². The standard InChI is InChI=1S/C12H18O2/c1-8(2)4-5-10-6-11(13)9(3)12(14)7-10/h4-5,11-14H,3,6-7H2,1-2H3/t11-,12-/m1/s1. The molecule has 0 radical (unpaired) electrons. The summed E-state index contributed by atoms with van der Waals surface area (Å²) in [4.78, 5) is 0. The van der Waals surface area contributed by atoms with Crippen molar-refractivity contribution in [2.45, 2.75) is 38.9 Å². The van der Waals surface area contributed by atoms with Crippen LogP contribution in [-0.4, -0.2) is 22.4 Å². The molecule has 0 aromatic heterocycles. The second-order valence-electron chi connectivity index (χ2n) is 4.08. The zero-order valence-electron chi connectivity index (χ0n) is 8.83. The van der Waals surface area contributed by atoms with Crippen LogP contribution in [0.4, 0.5) is 0 Å². The molecule has 1 saturated carbocycles. The van der Waals surface area contributed by atoms with Crippen molar-refractivity contribution in [3.05, 3.63) is 35.5 Å². The highest BCUT2D eigenvalue weighted by atomic mass is 16.3. The summed E-state index contributed by atoms with van der Waals surface area (Å²) in [6.07, 6.45) is 4.00. The molecular weight excluding hydrogens is 176 g/mol. The number of hydrogen-bond acceptors (Lipinski definition) is 2. The lowest BCUT2D eigenvalue weighted by Crippen LogP contribution is -2.27. The smallest absolute Gasteiger partial charge is 0.0809 e. The zero-order valence-corrected chi connectivity index (χ0v) is 8.83. The molecule has 2 nitrogen and oxygen atoms in total. The predicted molar refractivity (Wildman–Crippen MR) is 57.9 cm³/mol. The van der Waals surface area contributed by atoms with Gasteiger partial charge in [0.2, 0.25) is 0 Å². The van der Waals surface area contributed by atoms with E-state index in [-0.39, 0.29) is 0 Å². The molecule has 0 aliphatic heterocycles. The van der Waals surface area contributed by atoms with E-state index in [2.05, 4.69) is 6.58 Å². The molecule has 14 heavy (non-hydrogen) atoms. The van der Waals surface area contributed by atoms with E-state index in [1.807, 2.05) is 26.0 Å². The topological polar surface area (TPSA) is 40.5 Å². The molecule has 0 bridgehead atoms. The number of aliphatic hydroxyl groups is 2. The molecule has 1 aliphatic rings. The Morgan fingerprint density at radius 2 is 1.79 bits per heavy atom. The van der Waals surface area contributed by atoms with Crippen LogP contribution in [0.25, 0.3) is 0 Å². The maximum atomic E-state index is 9.56. The van der Waals surface area contributed by atoms with Gasteiger partial charge in [-0.1, -0.05) is 29.9 Å². The first kappa shape index (κ1) is 11.2. The van der Waals surface area contributed by atoms with Crippen LogP contribution in [-0.2, 0) is 0 Å². The van der Waals surface area contributed by atoms with Gasteiger partial charge in [0, 0.05) is 0 Å². The van der Waals surface area contributed by atoms with Crippen LogP contribution in [0.5, 0.6) is 0 Å². The lowest BCUT2D eigenvalue weighted by atomic mass is 9.86. The normalized spacial score (nSPS) is 27.4. The third-order valence-electron chi connectivity index (χ3n) is 2.42. The Bertz CT molecular complexity index is 267. The molecule has 0 saturated heterocycles. The molecule has 0 amide bonds. The van der Waals surface area contributed by atoms with Gasteiger partial charge >= 0.3 is 0 Å². The van der Waals surface area contributed by atoms with Crippen molar-refractivity contribution in [2.75, 3.05) is 0 Å². The van der Waals surface area contributed by atoms with Crippen LogP contribution < -0.4 is 0 Å². The van der Waals surface area contributed by atoms with Crippen molar-refractivity contribution < 1.29 is 10.2 Å². The maximum absolute atomic E-state index is 9.56. The lowest BCUT2D eigenvalue weighted by molar-refractivity contribution is 0.123. The first-order valence-electron chi connectivity index (χ1n) is 4.88. The predicted octanol–water partition coefficient (Wildman–Crippen LogP) is 1.95. The number of rotatable bonds is 1. The zero-order chi connectivity index (χ0) is 10.7. The van der Waals surface area contributed by atoms with Gasteiger partial charge in [-0.3, -0.25) is 0 Å². The van der Waals surface area contributed by atoms with Crippen molar-refractivity contribution in [1.82, 2.24) is 0 Å². The van der Waals surface area contributed by atoms with Gasteiger partial charge in [-0.2, -0.15) is 0 Å². The van der Waals surface area contributed by atoms with Crippen molar-refractivity contribution in [3.8, 4) is 0 Å². The summed E-state index contributed by atoms with van der Waals surface area (Å²) >= 11 is 0. The van der Waals surface area contributed by atoms with E-state index in [1.54, 1.807) is 0 Å². The monoisotopic (exact) mass is 194 g/mol. The summed E-state index contributed by atoms with van der Waals surface area (Å²) in [6.45, 7) is 7.70. The summed E-state index contributed by atoms with van der Waals surface area (Å²) in [5, 5.41) is 19.1. The highest BCUT2D eigenvalue weighted by Crippen LogP contribution is 2.27. The van der Waals surface area contributed by atoms with Gasteiger partial charge in [-0.15, -0.1) is 0 Å². The molecule has 1 rings (SSSR count). The second-order valence-corrected chi connectivity index (χ2v) is 4.08. The molecule has 0 unspecified atom stereocenters. The fourth-order valence-corrected chi connectivity index (χ4v) is 1.48. The Labute approximate surface area is 85.3 Å². The van der Waals surface area contributed by atoms with Gasteiger partial charge in [-0.05, 0) is 32.3 Å². The van der Waals surface area contributed by atoms with E-state index in [0.29, 0.717) is 18.4 Å². The van der Waals surface area contributed by atoms with Gasteiger partial charge < -0.3 is 10.2 Å². The Morgan fingerprint density at radius 1 is 1.29 bits per heavy atom. The van der Waals surface area contributed by atoms with E-state index in [9.17, 15) is 10.2 Å². The van der Waals surface area contributed by atoms with E-state index in [1.165, 1.54) is 5.57 Å². The third-order valence-corrected chi connectivity index (χ3v) is 2.42. The van der Waals surface area contributed by atoms with Crippen LogP contribution in [0.15, 0.2) is 35.5 Å². The van der Waals surface area contributed by atoms with E-state index < -0.39 is 12.2 Å². The second kappa shape index (κ2) is 4.58. The van der Waals surface area contributed by atoms with Crippen LogP contribution in [0, 0.1) is 0 Å². The Hall–Kier alpha value is -0.860. The lowest BCUT2D eigenvalue weighted by Gasteiger charge is -2.27. The molecule has 1 fully saturated rings. The molecule has 78 valence electrons. The quantitative estimate of drug-likeness (QED) is 0.626. The largest absolute Gasteiger partial charge is 0.388 e. The highest BCUT2D eigenvalue weighted by molar-refractivity contribution is 5.26. The van der Waals surface area contributed by atoms with E-state index in [4.69, 9.17) is 0 Å². The van der Waals surface area contributed by atoms with Crippen molar-refractivity contribution in [2.24, 2.45) is 0 Å². The number of aliphatic hydroxyl groups excluding tert-OH is 2. The summed E-state index contributed by atoms with van der Waals surface area (Å²) in [6, 6.07) is 0. The minimum atomic E-state index is -0.587. The van der Waals surface area contributed by atoms with Gasteiger partial charge in [0.25, 0.3) is 0 Å². The molecule has 0 spiro atoms.